The number of hydrogen-bond acceptors (Lipinski definition) is 1. The number of halogens is 1. The van der Waals surface area contributed by atoms with Gasteiger partial charge in [0.15, 0.2) is 0 Å². The molecule has 1 N–H and O–H groups in total. The maximum absolute atomic E-state index is 6.70. The third-order valence-corrected chi connectivity index (χ3v) is 8.09. The molecule has 35 heavy (non-hydrogen) atoms. The summed E-state index contributed by atoms with van der Waals surface area (Å²) in [6.07, 6.45) is 0. The topological polar surface area (TPSA) is 12.0 Å². The molecule has 2 aliphatic rings. The van der Waals surface area contributed by atoms with E-state index in [1.807, 2.05) is 6.07 Å². The standard InChI is InChI=1S/C33H20ClN/c34-24-13-14-26-25-11-5-6-12-27(25)33(28(26)19-24)29-15-20-7-1-3-9-22(20)17-31(29)35-32-18-23-10-4-2-8-21(23)16-30(32)33/h1-19,35H. The smallest absolute Gasteiger partial charge is 0.0754 e. The van der Waals surface area contributed by atoms with Gasteiger partial charge in [-0.3, -0.25) is 0 Å². The second-order valence-corrected chi connectivity index (χ2v) is 10.0. The van der Waals surface area contributed by atoms with Crippen LogP contribution in [-0.2, 0) is 5.41 Å². The Kier molecular flexibility index (Phi) is 3.71. The number of rotatable bonds is 0. The van der Waals surface area contributed by atoms with Gasteiger partial charge in [0.25, 0.3) is 0 Å². The highest BCUT2D eigenvalue weighted by Crippen LogP contribution is 2.62. The van der Waals surface area contributed by atoms with Gasteiger partial charge in [0, 0.05) is 16.4 Å². The Morgan fingerprint density at radius 2 is 0.971 bits per heavy atom. The molecule has 0 saturated heterocycles. The third kappa shape index (κ3) is 2.43. The van der Waals surface area contributed by atoms with Crippen LogP contribution in [0.25, 0.3) is 32.7 Å². The summed E-state index contributed by atoms with van der Waals surface area (Å²) in [5.41, 5.74) is 9.47. The maximum Gasteiger partial charge on any atom is 0.0754 e. The molecular weight excluding hydrogens is 446 g/mol. The van der Waals surface area contributed by atoms with E-state index in [-0.39, 0.29) is 0 Å². The quantitative estimate of drug-likeness (QED) is 0.235. The Balaban J connectivity index is 1.61. The van der Waals surface area contributed by atoms with Crippen molar-refractivity contribution in [2.75, 3.05) is 5.32 Å². The van der Waals surface area contributed by atoms with E-state index >= 15 is 0 Å². The molecule has 0 radical (unpaired) electrons. The first-order valence-corrected chi connectivity index (χ1v) is 12.3. The predicted octanol–water partition coefficient (Wildman–Crippen LogP) is 9.07. The normalized spacial score (nSPS) is 14.3. The zero-order chi connectivity index (χ0) is 23.1. The third-order valence-electron chi connectivity index (χ3n) is 7.86. The molecule has 1 aliphatic heterocycles. The van der Waals surface area contributed by atoms with Crippen LogP contribution >= 0.6 is 11.6 Å². The lowest BCUT2D eigenvalue weighted by Crippen LogP contribution is -2.33. The van der Waals surface area contributed by atoms with Gasteiger partial charge in [-0.2, -0.15) is 0 Å². The van der Waals surface area contributed by atoms with Crippen LogP contribution in [0.15, 0.2) is 115 Å². The maximum atomic E-state index is 6.70. The minimum atomic E-state index is -0.458. The fraction of sp³-hybridized carbons (Fsp3) is 0.0303. The van der Waals surface area contributed by atoms with Crippen molar-refractivity contribution in [2.24, 2.45) is 0 Å². The zero-order valence-electron chi connectivity index (χ0n) is 18.8. The first kappa shape index (κ1) is 19.3. The first-order chi connectivity index (χ1) is 17.2. The summed E-state index contributed by atoms with van der Waals surface area (Å²) < 4.78 is 0. The largest absolute Gasteiger partial charge is 0.355 e. The van der Waals surface area contributed by atoms with Crippen molar-refractivity contribution in [3.8, 4) is 11.1 Å². The molecule has 1 spiro atoms. The molecular formula is C33H20ClN. The van der Waals surface area contributed by atoms with Gasteiger partial charge in [-0.15, -0.1) is 0 Å². The lowest BCUT2D eigenvalue weighted by Gasteiger charge is -2.41. The van der Waals surface area contributed by atoms with Gasteiger partial charge < -0.3 is 5.32 Å². The predicted molar refractivity (Wildman–Crippen MR) is 147 cm³/mol. The molecule has 0 atom stereocenters. The van der Waals surface area contributed by atoms with Gasteiger partial charge in [-0.05, 0) is 91.3 Å². The van der Waals surface area contributed by atoms with Gasteiger partial charge in [0.2, 0.25) is 0 Å². The van der Waals surface area contributed by atoms with Crippen LogP contribution in [0.3, 0.4) is 0 Å². The Labute approximate surface area is 208 Å². The first-order valence-electron chi connectivity index (χ1n) is 12.0. The molecule has 6 aromatic carbocycles. The Morgan fingerprint density at radius 1 is 0.457 bits per heavy atom. The molecule has 8 rings (SSSR count). The summed E-state index contributed by atoms with van der Waals surface area (Å²) in [5, 5.41) is 9.53. The second kappa shape index (κ2) is 6.75. The molecule has 1 aliphatic carbocycles. The number of anilines is 2. The van der Waals surface area contributed by atoms with Gasteiger partial charge in [-0.25, -0.2) is 0 Å². The van der Waals surface area contributed by atoms with Gasteiger partial charge in [0.05, 0.1) is 5.41 Å². The van der Waals surface area contributed by atoms with E-state index in [1.165, 1.54) is 54.9 Å². The number of benzene rings is 6. The monoisotopic (exact) mass is 465 g/mol. The van der Waals surface area contributed by atoms with E-state index in [2.05, 4.69) is 115 Å². The van der Waals surface area contributed by atoms with Crippen LogP contribution in [0.4, 0.5) is 11.4 Å². The lowest BCUT2D eigenvalue weighted by molar-refractivity contribution is 0.766. The minimum Gasteiger partial charge on any atom is -0.355 e. The van der Waals surface area contributed by atoms with Crippen LogP contribution < -0.4 is 5.32 Å². The minimum absolute atomic E-state index is 0.458. The summed E-state index contributed by atoms with van der Waals surface area (Å²) in [5.74, 6) is 0. The zero-order valence-corrected chi connectivity index (χ0v) is 19.6. The fourth-order valence-corrected chi connectivity index (χ4v) is 6.60. The molecule has 0 unspecified atom stereocenters. The van der Waals surface area contributed by atoms with E-state index in [0.717, 1.165) is 16.4 Å². The highest BCUT2D eigenvalue weighted by molar-refractivity contribution is 6.30. The highest BCUT2D eigenvalue weighted by atomic mass is 35.5. The summed E-state index contributed by atoms with van der Waals surface area (Å²) in [6.45, 7) is 0. The van der Waals surface area contributed by atoms with Gasteiger partial charge >= 0.3 is 0 Å². The summed E-state index contributed by atoms with van der Waals surface area (Å²) >= 11 is 6.70. The molecule has 1 heterocycles. The molecule has 6 aromatic rings. The van der Waals surface area contributed by atoms with E-state index in [4.69, 9.17) is 11.6 Å². The van der Waals surface area contributed by atoms with Crippen LogP contribution in [0.1, 0.15) is 22.3 Å². The summed E-state index contributed by atoms with van der Waals surface area (Å²) in [6, 6.07) is 41.8. The van der Waals surface area contributed by atoms with Crippen molar-refractivity contribution >= 4 is 44.5 Å². The summed E-state index contributed by atoms with van der Waals surface area (Å²) in [7, 11) is 0. The molecule has 2 heteroatoms. The number of hydrogen-bond donors (Lipinski definition) is 1. The second-order valence-electron chi connectivity index (χ2n) is 9.60. The molecule has 0 fully saturated rings. The Hall–Kier alpha value is -4.07. The van der Waals surface area contributed by atoms with Gasteiger partial charge in [0.1, 0.15) is 0 Å². The Bertz CT molecular complexity index is 1760. The number of fused-ring (bicyclic) bond motifs is 11. The average molecular weight is 466 g/mol. The van der Waals surface area contributed by atoms with E-state index < -0.39 is 5.41 Å². The molecule has 0 amide bonds. The Morgan fingerprint density at radius 3 is 1.60 bits per heavy atom. The summed E-state index contributed by atoms with van der Waals surface area (Å²) in [4.78, 5) is 0. The van der Waals surface area contributed by atoms with Crippen molar-refractivity contribution in [3.63, 3.8) is 0 Å². The van der Waals surface area contributed by atoms with Crippen molar-refractivity contribution in [3.05, 3.63) is 143 Å². The van der Waals surface area contributed by atoms with Crippen molar-refractivity contribution in [1.82, 2.24) is 0 Å². The number of nitrogens with one attached hydrogen (secondary N) is 1. The van der Waals surface area contributed by atoms with Crippen molar-refractivity contribution in [2.45, 2.75) is 5.41 Å². The lowest BCUT2D eigenvalue weighted by atomic mass is 9.64. The molecule has 0 bridgehead atoms. The molecule has 0 aromatic heterocycles. The van der Waals surface area contributed by atoms with E-state index in [9.17, 15) is 0 Å². The molecule has 164 valence electrons. The molecule has 1 nitrogen and oxygen atoms in total. The van der Waals surface area contributed by atoms with Crippen LogP contribution in [0.5, 0.6) is 0 Å². The van der Waals surface area contributed by atoms with Gasteiger partial charge in [-0.1, -0.05) is 90.5 Å². The highest BCUT2D eigenvalue weighted by Gasteiger charge is 2.50. The van der Waals surface area contributed by atoms with E-state index in [1.54, 1.807) is 0 Å². The molecule has 0 saturated carbocycles. The van der Waals surface area contributed by atoms with Crippen molar-refractivity contribution < 1.29 is 0 Å². The van der Waals surface area contributed by atoms with Crippen molar-refractivity contribution in [1.29, 1.82) is 0 Å². The fourth-order valence-electron chi connectivity index (χ4n) is 6.43. The average Bonchev–Trinajstić information content (AvgIpc) is 3.17. The SMILES string of the molecule is Clc1ccc2c(c1)C1(c3cc4ccccc4cc3Nc3cc4ccccc4cc31)c1ccccc1-2. The van der Waals surface area contributed by atoms with Crippen LogP contribution in [0, 0.1) is 0 Å². The van der Waals surface area contributed by atoms with E-state index in [0.29, 0.717) is 0 Å². The van der Waals surface area contributed by atoms with Crippen LogP contribution in [0.2, 0.25) is 5.02 Å². The van der Waals surface area contributed by atoms with Crippen LogP contribution in [-0.4, -0.2) is 0 Å².